The summed E-state index contributed by atoms with van der Waals surface area (Å²) in [5.41, 5.74) is 0. The summed E-state index contributed by atoms with van der Waals surface area (Å²) >= 11 is 0. The first-order valence-corrected chi connectivity index (χ1v) is 5.78. The molecule has 0 aliphatic heterocycles. The Morgan fingerprint density at radius 1 is 1.56 bits per heavy atom. The molecule has 1 rings (SSSR count). The minimum absolute atomic E-state index is 0.116. The van der Waals surface area contributed by atoms with E-state index < -0.39 is 5.97 Å². The fraction of sp³-hybridized carbons (Fsp3) is 0.385. The lowest BCUT2D eigenvalue weighted by atomic mass is 10.2. The molecule has 0 saturated heterocycles. The number of carboxylic acid groups (broad SMARTS) is 1. The van der Waals surface area contributed by atoms with Crippen LogP contribution in [0.15, 0.2) is 28.9 Å². The van der Waals surface area contributed by atoms with Crippen LogP contribution >= 0.6 is 0 Å². The van der Waals surface area contributed by atoms with E-state index in [0.717, 1.165) is 0 Å². The fourth-order valence-corrected chi connectivity index (χ4v) is 1.45. The van der Waals surface area contributed by atoms with Crippen molar-refractivity contribution in [3.8, 4) is 0 Å². The number of furan rings is 1. The van der Waals surface area contributed by atoms with Crippen LogP contribution in [0.4, 0.5) is 0 Å². The van der Waals surface area contributed by atoms with Crippen molar-refractivity contribution in [2.75, 3.05) is 6.54 Å². The number of carbonyl (C=O) groups is 2. The number of hydrogen-bond donors (Lipinski definition) is 1. The van der Waals surface area contributed by atoms with Crippen molar-refractivity contribution < 1.29 is 19.1 Å². The van der Waals surface area contributed by atoms with Crippen LogP contribution < -0.4 is 0 Å². The Balaban J connectivity index is 2.72. The summed E-state index contributed by atoms with van der Waals surface area (Å²) < 4.78 is 5.06. The van der Waals surface area contributed by atoms with E-state index in [1.54, 1.807) is 12.1 Å². The highest BCUT2D eigenvalue weighted by Crippen LogP contribution is 2.07. The van der Waals surface area contributed by atoms with Crippen LogP contribution in [0.1, 0.15) is 26.0 Å². The first kappa shape index (κ1) is 14.0. The van der Waals surface area contributed by atoms with Gasteiger partial charge in [0.2, 0.25) is 5.91 Å². The molecule has 0 aromatic carbocycles. The molecule has 0 aliphatic rings. The molecule has 1 aromatic rings. The Morgan fingerprint density at radius 3 is 2.78 bits per heavy atom. The fourth-order valence-electron chi connectivity index (χ4n) is 1.45. The van der Waals surface area contributed by atoms with Gasteiger partial charge in [-0.3, -0.25) is 9.59 Å². The van der Waals surface area contributed by atoms with Gasteiger partial charge >= 0.3 is 5.97 Å². The predicted octanol–water partition coefficient (Wildman–Crippen LogP) is 2.00. The van der Waals surface area contributed by atoms with Crippen LogP contribution in [-0.4, -0.2) is 34.5 Å². The zero-order valence-corrected chi connectivity index (χ0v) is 10.5. The molecule has 5 nitrogen and oxygen atoms in total. The number of rotatable bonds is 6. The van der Waals surface area contributed by atoms with Gasteiger partial charge in [0, 0.05) is 12.1 Å². The highest BCUT2D eigenvalue weighted by Gasteiger charge is 2.19. The molecular weight excluding hydrogens is 234 g/mol. The van der Waals surface area contributed by atoms with Gasteiger partial charge < -0.3 is 14.4 Å². The number of hydrogen-bond acceptors (Lipinski definition) is 3. The number of nitrogens with zero attached hydrogens (tertiary/aromatic N) is 1. The SMILES string of the molecule is CCC(C)N(CC(=O)O)C(=O)/C=C/c1ccco1. The Bertz CT molecular complexity index is 422. The molecule has 1 amide bonds. The molecule has 5 heteroatoms. The molecule has 0 saturated carbocycles. The van der Waals surface area contributed by atoms with Crippen molar-refractivity contribution in [2.24, 2.45) is 0 Å². The number of carboxylic acids is 1. The van der Waals surface area contributed by atoms with Gasteiger partial charge in [0.25, 0.3) is 0 Å². The quantitative estimate of drug-likeness (QED) is 0.785. The molecule has 1 N–H and O–H groups in total. The molecule has 98 valence electrons. The lowest BCUT2D eigenvalue weighted by Crippen LogP contribution is -2.40. The van der Waals surface area contributed by atoms with Crippen LogP contribution in [0.2, 0.25) is 0 Å². The summed E-state index contributed by atoms with van der Waals surface area (Å²) in [4.78, 5) is 24.0. The molecular formula is C13H17NO4. The van der Waals surface area contributed by atoms with E-state index in [1.807, 2.05) is 13.8 Å². The molecule has 0 spiro atoms. The normalized spacial score (nSPS) is 12.6. The van der Waals surface area contributed by atoms with E-state index in [9.17, 15) is 9.59 Å². The maximum atomic E-state index is 11.9. The number of amides is 1. The molecule has 1 aromatic heterocycles. The van der Waals surface area contributed by atoms with Gasteiger partial charge in [-0.15, -0.1) is 0 Å². The molecule has 0 radical (unpaired) electrons. The molecule has 0 fully saturated rings. The average Bonchev–Trinajstić information content (AvgIpc) is 2.85. The molecule has 0 bridgehead atoms. The monoisotopic (exact) mass is 251 g/mol. The maximum Gasteiger partial charge on any atom is 0.323 e. The van der Waals surface area contributed by atoms with Gasteiger partial charge in [0.1, 0.15) is 12.3 Å². The summed E-state index contributed by atoms with van der Waals surface area (Å²) in [7, 11) is 0. The highest BCUT2D eigenvalue weighted by atomic mass is 16.4. The Labute approximate surface area is 106 Å². The van der Waals surface area contributed by atoms with Gasteiger partial charge in [-0.05, 0) is 31.6 Å². The van der Waals surface area contributed by atoms with Crippen LogP contribution in [-0.2, 0) is 9.59 Å². The minimum Gasteiger partial charge on any atom is -0.480 e. The highest BCUT2D eigenvalue weighted by molar-refractivity contribution is 5.93. The third-order valence-electron chi connectivity index (χ3n) is 2.64. The summed E-state index contributed by atoms with van der Waals surface area (Å²) in [5, 5.41) is 8.79. The maximum absolute atomic E-state index is 11.9. The van der Waals surface area contributed by atoms with Gasteiger partial charge in [-0.2, -0.15) is 0 Å². The smallest absolute Gasteiger partial charge is 0.323 e. The van der Waals surface area contributed by atoms with E-state index in [2.05, 4.69) is 0 Å². The van der Waals surface area contributed by atoms with E-state index in [4.69, 9.17) is 9.52 Å². The zero-order valence-electron chi connectivity index (χ0n) is 10.5. The second kappa shape index (κ2) is 6.64. The van der Waals surface area contributed by atoms with Crippen molar-refractivity contribution in [2.45, 2.75) is 26.3 Å². The van der Waals surface area contributed by atoms with Crippen molar-refractivity contribution in [1.82, 2.24) is 4.90 Å². The summed E-state index contributed by atoms with van der Waals surface area (Å²) in [6.07, 6.45) is 5.06. The molecule has 1 heterocycles. The number of aliphatic carboxylic acids is 1. The second-order valence-corrected chi connectivity index (χ2v) is 3.97. The predicted molar refractivity (Wildman–Crippen MR) is 66.8 cm³/mol. The molecule has 1 unspecified atom stereocenters. The van der Waals surface area contributed by atoms with Crippen molar-refractivity contribution in [3.05, 3.63) is 30.2 Å². The topological polar surface area (TPSA) is 70.8 Å². The molecule has 1 atom stereocenters. The van der Waals surface area contributed by atoms with Gasteiger partial charge in [0.15, 0.2) is 0 Å². The first-order chi connectivity index (χ1) is 8.54. The van der Waals surface area contributed by atoms with Crippen molar-refractivity contribution in [3.63, 3.8) is 0 Å². The molecule has 0 aliphatic carbocycles. The summed E-state index contributed by atoms with van der Waals surface area (Å²) in [6.45, 7) is 3.43. The van der Waals surface area contributed by atoms with Crippen LogP contribution in [0, 0.1) is 0 Å². The van der Waals surface area contributed by atoms with Crippen LogP contribution in [0.3, 0.4) is 0 Å². The van der Waals surface area contributed by atoms with Crippen LogP contribution in [0.5, 0.6) is 0 Å². The van der Waals surface area contributed by atoms with E-state index in [-0.39, 0.29) is 18.5 Å². The first-order valence-electron chi connectivity index (χ1n) is 5.78. The Kier molecular flexibility index (Phi) is 5.17. The van der Waals surface area contributed by atoms with E-state index >= 15 is 0 Å². The Hall–Kier alpha value is -2.04. The van der Waals surface area contributed by atoms with E-state index in [0.29, 0.717) is 12.2 Å². The third-order valence-corrected chi connectivity index (χ3v) is 2.64. The average molecular weight is 251 g/mol. The molecule has 18 heavy (non-hydrogen) atoms. The third kappa shape index (κ3) is 4.08. The van der Waals surface area contributed by atoms with Crippen molar-refractivity contribution in [1.29, 1.82) is 0 Å². The van der Waals surface area contributed by atoms with Gasteiger partial charge in [0.05, 0.1) is 6.26 Å². The van der Waals surface area contributed by atoms with Crippen molar-refractivity contribution >= 4 is 18.0 Å². The lowest BCUT2D eigenvalue weighted by molar-refractivity contribution is -0.144. The largest absolute Gasteiger partial charge is 0.480 e. The lowest BCUT2D eigenvalue weighted by Gasteiger charge is -2.25. The standard InChI is InChI=1S/C13H17NO4/c1-3-10(2)14(9-13(16)17)12(15)7-6-11-5-4-8-18-11/h4-8,10H,3,9H2,1-2H3,(H,16,17)/b7-6+. The van der Waals surface area contributed by atoms with E-state index in [1.165, 1.54) is 23.3 Å². The minimum atomic E-state index is -1.02. The summed E-state index contributed by atoms with van der Waals surface area (Å²) in [6, 6.07) is 3.32. The van der Waals surface area contributed by atoms with Crippen LogP contribution in [0.25, 0.3) is 6.08 Å². The van der Waals surface area contributed by atoms with Gasteiger partial charge in [-0.25, -0.2) is 0 Å². The number of carbonyl (C=O) groups excluding carboxylic acids is 1. The summed E-state index contributed by atoms with van der Waals surface area (Å²) in [5.74, 6) is -0.791. The second-order valence-electron chi connectivity index (χ2n) is 3.97. The van der Waals surface area contributed by atoms with Gasteiger partial charge in [-0.1, -0.05) is 6.92 Å². The Morgan fingerprint density at radius 2 is 2.28 bits per heavy atom. The zero-order chi connectivity index (χ0) is 13.5.